The molecule has 1 aromatic heterocycles. The van der Waals surface area contributed by atoms with Crippen molar-refractivity contribution in [3.8, 4) is 5.75 Å². The zero-order valence-corrected chi connectivity index (χ0v) is 10.8. The van der Waals surface area contributed by atoms with Gasteiger partial charge in [-0.25, -0.2) is 4.98 Å². The largest absolute Gasteiger partial charge is 0.497 e. The molecule has 0 atom stereocenters. The van der Waals surface area contributed by atoms with Gasteiger partial charge in [0, 0.05) is 24.5 Å². The fraction of sp³-hybridized carbons (Fsp3) is 0.143. The van der Waals surface area contributed by atoms with Crippen LogP contribution in [0.2, 0.25) is 0 Å². The van der Waals surface area contributed by atoms with Crippen LogP contribution >= 0.6 is 0 Å². The van der Waals surface area contributed by atoms with Gasteiger partial charge in [0.05, 0.1) is 7.11 Å². The number of methoxy groups -OCH3 is 1. The molecule has 0 saturated heterocycles. The first-order chi connectivity index (χ1) is 9.22. The summed E-state index contributed by atoms with van der Waals surface area (Å²) in [4.78, 5) is 16.1. The number of nitrogens with one attached hydrogen (secondary N) is 2. The molecule has 0 bridgehead atoms. The Balaban J connectivity index is 2.11. The molecular formula is C14H15N3O2. The van der Waals surface area contributed by atoms with E-state index in [1.165, 1.54) is 0 Å². The lowest BCUT2D eigenvalue weighted by atomic mass is 10.2. The van der Waals surface area contributed by atoms with Gasteiger partial charge in [0.25, 0.3) is 5.91 Å². The molecule has 0 aliphatic carbocycles. The van der Waals surface area contributed by atoms with Crippen LogP contribution in [0.3, 0.4) is 0 Å². The van der Waals surface area contributed by atoms with Crippen molar-refractivity contribution in [1.29, 1.82) is 0 Å². The maximum absolute atomic E-state index is 12.0. The highest BCUT2D eigenvalue weighted by Gasteiger charge is 2.07. The minimum Gasteiger partial charge on any atom is -0.497 e. The van der Waals surface area contributed by atoms with Crippen molar-refractivity contribution in [2.45, 2.75) is 0 Å². The lowest BCUT2D eigenvalue weighted by molar-refractivity contribution is 0.102. The van der Waals surface area contributed by atoms with Crippen molar-refractivity contribution >= 4 is 17.4 Å². The zero-order chi connectivity index (χ0) is 13.7. The highest BCUT2D eigenvalue weighted by atomic mass is 16.5. The average molecular weight is 257 g/mol. The van der Waals surface area contributed by atoms with Crippen LogP contribution in [0.15, 0.2) is 42.6 Å². The molecule has 2 aromatic rings. The van der Waals surface area contributed by atoms with Gasteiger partial charge in [-0.05, 0) is 36.4 Å². The van der Waals surface area contributed by atoms with Gasteiger partial charge in [-0.1, -0.05) is 0 Å². The number of hydrogen-bond donors (Lipinski definition) is 2. The van der Waals surface area contributed by atoms with E-state index in [9.17, 15) is 4.79 Å². The zero-order valence-electron chi connectivity index (χ0n) is 10.8. The molecule has 0 saturated carbocycles. The highest BCUT2D eigenvalue weighted by molar-refractivity contribution is 6.04. The molecule has 98 valence electrons. The number of carbonyl (C=O) groups excluding carboxylic acids is 1. The molecule has 1 amide bonds. The van der Waals surface area contributed by atoms with Gasteiger partial charge in [-0.2, -0.15) is 0 Å². The molecule has 1 heterocycles. The Morgan fingerprint density at radius 3 is 2.58 bits per heavy atom. The summed E-state index contributed by atoms with van der Waals surface area (Å²) >= 11 is 0. The van der Waals surface area contributed by atoms with Crippen molar-refractivity contribution in [2.24, 2.45) is 0 Å². The van der Waals surface area contributed by atoms with E-state index < -0.39 is 0 Å². The van der Waals surface area contributed by atoms with E-state index in [1.807, 2.05) is 0 Å². The standard InChI is InChI=1S/C14H15N3O2/c1-15-13-9-10(7-8-16-13)14(18)17-11-3-5-12(19-2)6-4-11/h3-9H,1-2H3,(H,15,16)(H,17,18). The van der Waals surface area contributed by atoms with Crippen molar-refractivity contribution in [3.05, 3.63) is 48.2 Å². The van der Waals surface area contributed by atoms with Gasteiger partial charge in [0.1, 0.15) is 11.6 Å². The van der Waals surface area contributed by atoms with Gasteiger partial charge in [-0.15, -0.1) is 0 Å². The second-order valence-corrected chi connectivity index (χ2v) is 3.86. The van der Waals surface area contributed by atoms with Crippen LogP contribution in [0.1, 0.15) is 10.4 Å². The minimum absolute atomic E-state index is 0.177. The van der Waals surface area contributed by atoms with Crippen molar-refractivity contribution < 1.29 is 9.53 Å². The average Bonchev–Trinajstić information content (AvgIpc) is 2.48. The predicted octanol–water partition coefficient (Wildman–Crippen LogP) is 2.38. The van der Waals surface area contributed by atoms with Crippen LogP contribution in [0, 0.1) is 0 Å². The smallest absolute Gasteiger partial charge is 0.255 e. The van der Waals surface area contributed by atoms with Crippen molar-refractivity contribution in [2.75, 3.05) is 24.8 Å². The normalized spacial score (nSPS) is 9.79. The Morgan fingerprint density at radius 2 is 1.95 bits per heavy atom. The third kappa shape index (κ3) is 3.22. The van der Waals surface area contributed by atoms with E-state index in [-0.39, 0.29) is 5.91 Å². The summed E-state index contributed by atoms with van der Waals surface area (Å²) in [6.45, 7) is 0. The molecule has 0 spiro atoms. The maximum atomic E-state index is 12.0. The van der Waals surface area contributed by atoms with E-state index in [0.717, 1.165) is 5.75 Å². The van der Waals surface area contributed by atoms with E-state index in [1.54, 1.807) is 56.8 Å². The second kappa shape index (κ2) is 5.86. The second-order valence-electron chi connectivity index (χ2n) is 3.86. The molecule has 0 unspecified atom stereocenters. The van der Waals surface area contributed by atoms with Gasteiger partial charge in [0.15, 0.2) is 0 Å². The van der Waals surface area contributed by atoms with Crippen LogP contribution in [0.4, 0.5) is 11.5 Å². The number of pyridine rings is 1. The minimum atomic E-state index is -0.177. The molecule has 1 aromatic carbocycles. The summed E-state index contributed by atoms with van der Waals surface area (Å²) in [6.07, 6.45) is 1.59. The van der Waals surface area contributed by atoms with Crippen LogP contribution < -0.4 is 15.4 Å². The Labute approximate surface area is 111 Å². The quantitative estimate of drug-likeness (QED) is 0.882. The third-order valence-electron chi connectivity index (χ3n) is 2.63. The Kier molecular flexibility index (Phi) is 3.97. The summed E-state index contributed by atoms with van der Waals surface area (Å²) in [6, 6.07) is 10.5. The number of benzene rings is 1. The SMILES string of the molecule is CNc1cc(C(=O)Nc2ccc(OC)cc2)ccn1. The first-order valence-corrected chi connectivity index (χ1v) is 5.82. The lowest BCUT2D eigenvalue weighted by Gasteiger charge is -2.07. The molecule has 0 radical (unpaired) electrons. The Morgan fingerprint density at radius 1 is 1.21 bits per heavy atom. The number of carbonyl (C=O) groups is 1. The fourth-order valence-corrected chi connectivity index (χ4v) is 1.59. The summed E-state index contributed by atoms with van der Waals surface area (Å²) in [5.74, 6) is 1.23. The molecule has 2 rings (SSSR count). The number of hydrogen-bond acceptors (Lipinski definition) is 4. The molecule has 0 fully saturated rings. The van der Waals surface area contributed by atoms with Crippen LogP contribution in [0.25, 0.3) is 0 Å². The van der Waals surface area contributed by atoms with Crippen LogP contribution in [-0.4, -0.2) is 25.0 Å². The summed E-state index contributed by atoms with van der Waals surface area (Å²) < 4.78 is 5.06. The van der Waals surface area contributed by atoms with Crippen LogP contribution in [0.5, 0.6) is 5.75 Å². The fourth-order valence-electron chi connectivity index (χ4n) is 1.59. The van der Waals surface area contributed by atoms with Gasteiger partial charge < -0.3 is 15.4 Å². The summed E-state index contributed by atoms with van der Waals surface area (Å²) in [7, 11) is 3.36. The predicted molar refractivity (Wildman–Crippen MR) is 74.7 cm³/mol. The highest BCUT2D eigenvalue weighted by Crippen LogP contribution is 2.16. The molecule has 2 N–H and O–H groups in total. The van der Waals surface area contributed by atoms with E-state index in [2.05, 4.69) is 15.6 Å². The molecule has 19 heavy (non-hydrogen) atoms. The molecule has 5 heteroatoms. The first-order valence-electron chi connectivity index (χ1n) is 5.82. The number of ether oxygens (including phenoxy) is 1. The Bertz CT molecular complexity index is 567. The number of anilines is 2. The lowest BCUT2D eigenvalue weighted by Crippen LogP contribution is -2.12. The van der Waals surface area contributed by atoms with Crippen molar-refractivity contribution in [3.63, 3.8) is 0 Å². The maximum Gasteiger partial charge on any atom is 0.255 e. The van der Waals surface area contributed by atoms with Crippen molar-refractivity contribution in [1.82, 2.24) is 4.98 Å². The number of aromatic nitrogens is 1. The van der Waals surface area contributed by atoms with Gasteiger partial charge in [0.2, 0.25) is 0 Å². The van der Waals surface area contributed by atoms with Gasteiger partial charge in [-0.3, -0.25) is 4.79 Å². The molecular weight excluding hydrogens is 242 g/mol. The van der Waals surface area contributed by atoms with Crippen LogP contribution in [-0.2, 0) is 0 Å². The number of amides is 1. The molecule has 0 aliphatic rings. The van der Waals surface area contributed by atoms with E-state index >= 15 is 0 Å². The number of nitrogens with zero attached hydrogens (tertiary/aromatic N) is 1. The first kappa shape index (κ1) is 12.9. The molecule has 0 aliphatic heterocycles. The third-order valence-corrected chi connectivity index (χ3v) is 2.63. The monoisotopic (exact) mass is 257 g/mol. The van der Waals surface area contributed by atoms with E-state index in [4.69, 9.17) is 4.74 Å². The van der Waals surface area contributed by atoms with Gasteiger partial charge >= 0.3 is 0 Å². The summed E-state index contributed by atoms with van der Waals surface area (Å²) in [5, 5.41) is 5.70. The summed E-state index contributed by atoms with van der Waals surface area (Å²) in [5.41, 5.74) is 1.27. The van der Waals surface area contributed by atoms with E-state index in [0.29, 0.717) is 17.1 Å². The number of rotatable bonds is 4. The Hall–Kier alpha value is -2.56. The topological polar surface area (TPSA) is 63.2 Å². The molecule has 5 nitrogen and oxygen atoms in total.